The lowest BCUT2D eigenvalue weighted by atomic mass is 9.81. The largest absolute Gasteiger partial charge is 0.339 e. The second-order valence-electron chi connectivity index (χ2n) is 11.4. The van der Waals surface area contributed by atoms with E-state index in [4.69, 9.17) is 23.2 Å². The molecule has 2 aromatic rings. The molecule has 38 heavy (non-hydrogen) atoms. The van der Waals surface area contributed by atoms with Crippen LogP contribution in [0.3, 0.4) is 0 Å². The maximum Gasteiger partial charge on any atom is 0.249 e. The molecular formula is C29H38Cl2N4O2S. The van der Waals surface area contributed by atoms with Crippen molar-refractivity contribution in [1.29, 1.82) is 0 Å². The van der Waals surface area contributed by atoms with Crippen molar-refractivity contribution in [2.75, 3.05) is 63.1 Å². The van der Waals surface area contributed by atoms with Gasteiger partial charge < -0.3 is 10.2 Å². The first-order valence-corrected chi connectivity index (χ1v) is 15.3. The molecule has 0 radical (unpaired) electrons. The minimum Gasteiger partial charge on any atom is -0.339 e. The number of hydrogen-bond acceptors (Lipinski definition) is 5. The summed E-state index contributed by atoms with van der Waals surface area (Å²) in [5.41, 5.74) is 1.23. The average molecular weight is 578 g/mol. The van der Waals surface area contributed by atoms with Gasteiger partial charge in [0.25, 0.3) is 0 Å². The SMILES string of the molecule is CSCCN1CCN(C(=O)CN(CC(C)(C)C)C2(Cc3cccc(Cl)c3)C(=O)Nc3cc(Cl)ccc32)CC1. The van der Waals surface area contributed by atoms with Crippen LogP contribution in [-0.4, -0.2) is 84.3 Å². The summed E-state index contributed by atoms with van der Waals surface area (Å²) in [7, 11) is 0. The van der Waals surface area contributed by atoms with Crippen molar-refractivity contribution in [2.45, 2.75) is 32.7 Å². The van der Waals surface area contributed by atoms with Crippen molar-refractivity contribution in [3.05, 3.63) is 63.6 Å². The van der Waals surface area contributed by atoms with Gasteiger partial charge in [0.15, 0.2) is 0 Å². The summed E-state index contributed by atoms with van der Waals surface area (Å²) in [4.78, 5) is 34.3. The number of nitrogens with one attached hydrogen (secondary N) is 1. The molecule has 1 N–H and O–H groups in total. The molecule has 0 aliphatic carbocycles. The number of nitrogens with zero attached hydrogens (tertiary/aromatic N) is 3. The number of benzene rings is 2. The number of rotatable bonds is 9. The number of hydrogen-bond donors (Lipinski definition) is 1. The number of thioether (sulfide) groups is 1. The highest BCUT2D eigenvalue weighted by Gasteiger charge is 2.52. The minimum atomic E-state index is -1.08. The fourth-order valence-corrected chi connectivity index (χ4v) is 6.30. The summed E-state index contributed by atoms with van der Waals surface area (Å²) < 4.78 is 0. The predicted octanol–water partition coefficient (Wildman–Crippen LogP) is 5.24. The lowest BCUT2D eigenvalue weighted by Crippen LogP contribution is -2.59. The first kappa shape index (κ1) is 29.2. The van der Waals surface area contributed by atoms with Crippen LogP contribution in [0.25, 0.3) is 0 Å². The molecule has 9 heteroatoms. The van der Waals surface area contributed by atoms with Crippen molar-refractivity contribution in [3.63, 3.8) is 0 Å². The molecular weight excluding hydrogens is 539 g/mol. The molecule has 2 aliphatic rings. The number of halogens is 2. The summed E-state index contributed by atoms with van der Waals surface area (Å²) in [6, 6.07) is 13.1. The van der Waals surface area contributed by atoms with Gasteiger partial charge in [-0.05, 0) is 41.5 Å². The predicted molar refractivity (Wildman–Crippen MR) is 159 cm³/mol. The van der Waals surface area contributed by atoms with E-state index in [2.05, 4.69) is 42.1 Å². The molecule has 0 aromatic heterocycles. The standard InChI is InChI=1S/C29H38Cl2N4O2S/c1-28(2,3)20-35(19-26(36)34-12-10-33(11-13-34)14-15-38-4)29(18-21-6-5-7-22(30)16-21)24-9-8-23(31)17-25(24)32-27(29)37/h5-9,16-17H,10-15,18-20H2,1-4H3,(H,32,37). The Balaban J connectivity index is 1.69. The highest BCUT2D eigenvalue weighted by Crippen LogP contribution is 2.45. The number of fused-ring (bicyclic) bond motifs is 1. The first-order chi connectivity index (χ1) is 18.0. The van der Waals surface area contributed by atoms with E-state index in [1.165, 1.54) is 0 Å². The van der Waals surface area contributed by atoms with Crippen LogP contribution in [0, 0.1) is 5.41 Å². The van der Waals surface area contributed by atoms with E-state index in [1.807, 2.05) is 53.1 Å². The van der Waals surface area contributed by atoms with Crippen molar-refractivity contribution in [2.24, 2.45) is 5.41 Å². The zero-order chi connectivity index (χ0) is 27.5. The Kier molecular flexibility index (Phi) is 9.36. The highest BCUT2D eigenvalue weighted by molar-refractivity contribution is 7.98. The maximum absolute atomic E-state index is 14.0. The molecule has 1 unspecified atom stereocenters. The fourth-order valence-electron chi connectivity index (χ4n) is 5.48. The van der Waals surface area contributed by atoms with Crippen LogP contribution in [0.2, 0.25) is 10.0 Å². The van der Waals surface area contributed by atoms with Gasteiger partial charge in [0.2, 0.25) is 11.8 Å². The Hall–Kier alpha value is -1.77. The fraction of sp³-hybridized carbons (Fsp3) is 0.517. The van der Waals surface area contributed by atoms with Gasteiger partial charge in [-0.15, -0.1) is 0 Å². The molecule has 2 aliphatic heterocycles. The third kappa shape index (κ3) is 6.68. The van der Waals surface area contributed by atoms with Gasteiger partial charge in [0.1, 0.15) is 5.54 Å². The van der Waals surface area contributed by atoms with Gasteiger partial charge in [0, 0.05) is 72.7 Å². The molecule has 2 heterocycles. The number of carbonyl (C=O) groups excluding carboxylic acids is 2. The zero-order valence-electron chi connectivity index (χ0n) is 22.7. The van der Waals surface area contributed by atoms with Crippen molar-refractivity contribution in [1.82, 2.24) is 14.7 Å². The van der Waals surface area contributed by atoms with E-state index in [0.717, 1.165) is 36.5 Å². The summed E-state index contributed by atoms with van der Waals surface area (Å²) in [6.07, 6.45) is 2.51. The zero-order valence-corrected chi connectivity index (χ0v) is 25.1. The number of carbonyl (C=O) groups is 2. The molecule has 1 atom stereocenters. The smallest absolute Gasteiger partial charge is 0.249 e. The van der Waals surface area contributed by atoms with Crippen molar-refractivity contribution >= 4 is 52.5 Å². The molecule has 0 spiro atoms. The Morgan fingerprint density at radius 3 is 2.45 bits per heavy atom. The normalized spacial score (nSPS) is 20.1. The van der Waals surface area contributed by atoms with Crippen LogP contribution in [-0.2, 0) is 21.5 Å². The van der Waals surface area contributed by atoms with E-state index < -0.39 is 5.54 Å². The highest BCUT2D eigenvalue weighted by atomic mass is 35.5. The lowest BCUT2D eigenvalue weighted by molar-refractivity contribution is -0.140. The molecule has 206 valence electrons. The van der Waals surface area contributed by atoms with E-state index in [9.17, 15) is 9.59 Å². The lowest BCUT2D eigenvalue weighted by Gasteiger charge is -2.44. The molecule has 2 aromatic carbocycles. The van der Waals surface area contributed by atoms with Gasteiger partial charge in [-0.3, -0.25) is 19.4 Å². The van der Waals surface area contributed by atoms with Crippen LogP contribution >= 0.6 is 35.0 Å². The third-order valence-electron chi connectivity index (χ3n) is 7.27. The third-order valence-corrected chi connectivity index (χ3v) is 8.33. The second kappa shape index (κ2) is 12.2. The summed E-state index contributed by atoms with van der Waals surface area (Å²) in [5.74, 6) is 1.01. The Bertz CT molecular complexity index is 1160. The van der Waals surface area contributed by atoms with Crippen molar-refractivity contribution in [3.8, 4) is 0 Å². The monoisotopic (exact) mass is 576 g/mol. The van der Waals surface area contributed by atoms with Gasteiger partial charge >= 0.3 is 0 Å². The topological polar surface area (TPSA) is 55.9 Å². The summed E-state index contributed by atoms with van der Waals surface area (Å²) in [6.45, 7) is 11.3. The Morgan fingerprint density at radius 2 is 1.79 bits per heavy atom. The molecule has 2 amide bonds. The van der Waals surface area contributed by atoms with Gasteiger partial charge in [-0.25, -0.2) is 0 Å². The Morgan fingerprint density at radius 1 is 1.08 bits per heavy atom. The van der Waals surface area contributed by atoms with Gasteiger partial charge in [-0.2, -0.15) is 11.8 Å². The van der Waals surface area contributed by atoms with E-state index >= 15 is 0 Å². The average Bonchev–Trinajstić information content (AvgIpc) is 3.12. The van der Waals surface area contributed by atoms with Crippen LogP contribution in [0.1, 0.15) is 31.9 Å². The van der Waals surface area contributed by atoms with E-state index in [-0.39, 0.29) is 23.8 Å². The van der Waals surface area contributed by atoms with Crippen LogP contribution < -0.4 is 5.32 Å². The molecule has 6 nitrogen and oxygen atoms in total. The molecule has 4 rings (SSSR count). The number of anilines is 1. The maximum atomic E-state index is 14.0. The molecule has 1 saturated heterocycles. The quantitative estimate of drug-likeness (QED) is 0.442. The van der Waals surface area contributed by atoms with E-state index in [0.29, 0.717) is 41.8 Å². The van der Waals surface area contributed by atoms with E-state index in [1.54, 1.807) is 6.07 Å². The van der Waals surface area contributed by atoms with Crippen LogP contribution in [0.5, 0.6) is 0 Å². The summed E-state index contributed by atoms with van der Waals surface area (Å²) in [5, 5.41) is 4.25. The number of piperazine rings is 1. The Labute approximate surface area is 241 Å². The van der Waals surface area contributed by atoms with Crippen LogP contribution in [0.15, 0.2) is 42.5 Å². The van der Waals surface area contributed by atoms with Gasteiger partial charge in [0.05, 0.1) is 6.54 Å². The van der Waals surface area contributed by atoms with Crippen molar-refractivity contribution < 1.29 is 9.59 Å². The molecule has 1 fully saturated rings. The number of amides is 2. The first-order valence-electron chi connectivity index (χ1n) is 13.1. The minimum absolute atomic E-state index is 0.0550. The summed E-state index contributed by atoms with van der Waals surface area (Å²) >= 11 is 14.5. The van der Waals surface area contributed by atoms with Crippen LogP contribution in [0.4, 0.5) is 5.69 Å². The molecule has 0 saturated carbocycles. The molecule has 0 bridgehead atoms. The second-order valence-corrected chi connectivity index (χ2v) is 13.3. The van der Waals surface area contributed by atoms with Gasteiger partial charge in [-0.1, -0.05) is 62.2 Å².